The molecule has 1 amide bonds. The van der Waals surface area contributed by atoms with Gasteiger partial charge < -0.3 is 5.32 Å². The second kappa shape index (κ2) is 4.91. The van der Waals surface area contributed by atoms with Gasteiger partial charge in [0.2, 0.25) is 0 Å². The third-order valence-electron chi connectivity index (χ3n) is 2.56. The molecule has 1 saturated carbocycles. The molecule has 0 saturated heterocycles. The number of pyridine rings is 1. The molecule has 1 atom stereocenters. The zero-order chi connectivity index (χ0) is 11.5. The molecule has 1 unspecified atom stereocenters. The fraction of sp³-hybridized carbons (Fsp3) is 0.455. The van der Waals surface area contributed by atoms with E-state index in [0.717, 1.165) is 6.20 Å². The Bertz CT molecular complexity index is 395. The largest absolute Gasteiger partial charge is 0.351 e. The number of hydrogen-bond acceptors (Lipinski definition) is 2. The Kier molecular flexibility index (Phi) is 3.53. The molecular formula is C11H12BrFN2O. The number of carbonyl (C=O) groups is 1. The van der Waals surface area contributed by atoms with Gasteiger partial charge in [0.05, 0.1) is 11.8 Å². The van der Waals surface area contributed by atoms with E-state index in [2.05, 4.69) is 26.2 Å². The first-order valence-electron chi connectivity index (χ1n) is 5.19. The van der Waals surface area contributed by atoms with E-state index in [1.54, 1.807) is 0 Å². The first-order valence-corrected chi connectivity index (χ1v) is 6.11. The minimum atomic E-state index is -0.495. The minimum absolute atomic E-state index is 0.260. The van der Waals surface area contributed by atoms with Crippen LogP contribution in [0.3, 0.4) is 0 Å². The molecule has 1 aliphatic rings. The van der Waals surface area contributed by atoms with E-state index in [1.807, 2.05) is 0 Å². The maximum atomic E-state index is 12.8. The molecule has 1 aliphatic carbocycles. The van der Waals surface area contributed by atoms with Gasteiger partial charge in [-0.05, 0) is 24.8 Å². The Hall–Kier alpha value is -0.970. The predicted octanol–water partition coefficient (Wildman–Crippen LogP) is 2.12. The third kappa shape index (κ3) is 3.01. The van der Waals surface area contributed by atoms with Crippen LogP contribution in [0.5, 0.6) is 0 Å². The van der Waals surface area contributed by atoms with Crippen molar-refractivity contribution < 1.29 is 9.18 Å². The summed E-state index contributed by atoms with van der Waals surface area (Å²) in [7, 11) is 0. The van der Waals surface area contributed by atoms with Gasteiger partial charge in [-0.3, -0.25) is 9.78 Å². The van der Waals surface area contributed by atoms with E-state index >= 15 is 0 Å². The highest BCUT2D eigenvalue weighted by atomic mass is 79.9. The van der Waals surface area contributed by atoms with Crippen LogP contribution in [0.15, 0.2) is 18.5 Å². The van der Waals surface area contributed by atoms with Crippen LogP contribution in [0.2, 0.25) is 0 Å². The molecule has 2 rings (SSSR count). The lowest BCUT2D eigenvalue weighted by molar-refractivity contribution is 0.0952. The molecule has 0 radical (unpaired) electrons. The van der Waals surface area contributed by atoms with E-state index in [9.17, 15) is 9.18 Å². The van der Waals surface area contributed by atoms with Crippen molar-refractivity contribution in [3.05, 3.63) is 29.8 Å². The van der Waals surface area contributed by atoms with Crippen LogP contribution in [0.25, 0.3) is 0 Å². The van der Waals surface area contributed by atoms with E-state index in [4.69, 9.17) is 0 Å². The molecule has 1 fully saturated rings. The fourth-order valence-corrected chi connectivity index (χ4v) is 2.14. The van der Waals surface area contributed by atoms with Crippen molar-refractivity contribution in [1.29, 1.82) is 0 Å². The van der Waals surface area contributed by atoms with Gasteiger partial charge in [0.1, 0.15) is 5.82 Å². The van der Waals surface area contributed by atoms with Crippen molar-refractivity contribution in [3.63, 3.8) is 0 Å². The lowest BCUT2D eigenvalue weighted by atomic mass is 10.2. The molecule has 3 nitrogen and oxygen atoms in total. The van der Waals surface area contributed by atoms with Gasteiger partial charge in [-0.15, -0.1) is 0 Å². The van der Waals surface area contributed by atoms with Crippen LogP contribution >= 0.6 is 15.9 Å². The van der Waals surface area contributed by atoms with Crippen molar-refractivity contribution in [1.82, 2.24) is 10.3 Å². The topological polar surface area (TPSA) is 42.0 Å². The molecule has 1 heterocycles. The van der Waals surface area contributed by atoms with Crippen molar-refractivity contribution in [3.8, 4) is 0 Å². The lowest BCUT2D eigenvalue weighted by Crippen LogP contribution is -2.30. The van der Waals surface area contributed by atoms with Gasteiger partial charge in [-0.2, -0.15) is 0 Å². The monoisotopic (exact) mass is 286 g/mol. The lowest BCUT2D eigenvalue weighted by Gasteiger charge is -2.09. The average Bonchev–Trinajstić information content (AvgIpc) is 3.09. The van der Waals surface area contributed by atoms with Crippen LogP contribution in [0.1, 0.15) is 23.2 Å². The number of aromatic nitrogens is 1. The first-order chi connectivity index (χ1) is 7.66. The van der Waals surface area contributed by atoms with Crippen LogP contribution in [0.4, 0.5) is 4.39 Å². The van der Waals surface area contributed by atoms with Gasteiger partial charge in [0.15, 0.2) is 0 Å². The highest BCUT2D eigenvalue weighted by Gasteiger charge is 2.29. The summed E-state index contributed by atoms with van der Waals surface area (Å²) in [6.07, 6.45) is 4.87. The number of nitrogens with one attached hydrogen (secondary N) is 1. The predicted molar refractivity (Wildman–Crippen MR) is 62.0 cm³/mol. The van der Waals surface area contributed by atoms with Crippen LogP contribution in [-0.4, -0.2) is 22.3 Å². The first kappa shape index (κ1) is 11.5. The highest BCUT2D eigenvalue weighted by molar-refractivity contribution is 9.09. The fourth-order valence-electron chi connectivity index (χ4n) is 1.45. The molecular weight excluding hydrogens is 275 g/mol. The summed E-state index contributed by atoms with van der Waals surface area (Å²) in [5.74, 6) is -0.103. The molecule has 1 aromatic heterocycles. The maximum absolute atomic E-state index is 12.8. The van der Waals surface area contributed by atoms with Crippen molar-refractivity contribution in [2.75, 3.05) is 6.54 Å². The second-order valence-electron chi connectivity index (χ2n) is 3.96. The molecule has 0 aromatic carbocycles. The van der Waals surface area contributed by atoms with Crippen LogP contribution < -0.4 is 5.32 Å². The highest BCUT2D eigenvalue weighted by Crippen LogP contribution is 2.36. The minimum Gasteiger partial charge on any atom is -0.351 e. The zero-order valence-corrected chi connectivity index (χ0v) is 10.2. The summed E-state index contributed by atoms with van der Waals surface area (Å²) in [4.78, 5) is 15.6. The van der Waals surface area contributed by atoms with Gasteiger partial charge in [-0.25, -0.2) is 4.39 Å². The quantitative estimate of drug-likeness (QED) is 0.862. The van der Waals surface area contributed by atoms with Crippen molar-refractivity contribution in [2.45, 2.75) is 17.7 Å². The Balaban J connectivity index is 1.87. The van der Waals surface area contributed by atoms with Crippen LogP contribution in [-0.2, 0) is 0 Å². The Morgan fingerprint density at radius 3 is 3.00 bits per heavy atom. The second-order valence-corrected chi connectivity index (χ2v) is 5.13. The summed E-state index contributed by atoms with van der Waals surface area (Å²) < 4.78 is 12.8. The smallest absolute Gasteiger partial charge is 0.252 e. The number of alkyl halides is 1. The molecule has 16 heavy (non-hydrogen) atoms. The average molecular weight is 287 g/mol. The van der Waals surface area contributed by atoms with Crippen molar-refractivity contribution >= 4 is 21.8 Å². The standard InChI is InChI=1S/C11H12BrFN2O/c12-10(7-1-2-7)6-15-11(16)8-3-9(13)5-14-4-8/h3-5,7,10H,1-2,6H2,(H,15,16). The van der Waals surface area contributed by atoms with Gasteiger partial charge in [0, 0.05) is 17.6 Å². The summed E-state index contributed by atoms with van der Waals surface area (Å²) >= 11 is 3.52. The normalized spacial score (nSPS) is 16.9. The molecule has 1 aromatic rings. The third-order valence-corrected chi connectivity index (χ3v) is 3.63. The molecule has 0 spiro atoms. The summed E-state index contributed by atoms with van der Waals surface area (Å²) in [5.41, 5.74) is 0.260. The summed E-state index contributed by atoms with van der Waals surface area (Å²) in [6.45, 7) is 0.569. The number of hydrogen-bond donors (Lipinski definition) is 1. The Morgan fingerprint density at radius 1 is 1.62 bits per heavy atom. The van der Waals surface area contributed by atoms with E-state index in [-0.39, 0.29) is 11.5 Å². The van der Waals surface area contributed by atoms with Crippen molar-refractivity contribution in [2.24, 2.45) is 5.92 Å². The molecule has 1 N–H and O–H groups in total. The molecule has 86 valence electrons. The number of amides is 1. The molecule has 0 bridgehead atoms. The molecule has 0 aliphatic heterocycles. The van der Waals surface area contributed by atoms with Crippen LogP contribution in [0, 0.1) is 11.7 Å². The Morgan fingerprint density at radius 2 is 2.38 bits per heavy atom. The summed E-state index contributed by atoms with van der Waals surface area (Å²) in [6, 6.07) is 1.18. The number of nitrogens with zero attached hydrogens (tertiary/aromatic N) is 1. The Labute approximate surface area is 102 Å². The zero-order valence-electron chi connectivity index (χ0n) is 8.62. The van der Waals surface area contributed by atoms with E-state index in [1.165, 1.54) is 25.1 Å². The number of halogens is 2. The van der Waals surface area contributed by atoms with E-state index in [0.29, 0.717) is 17.3 Å². The SMILES string of the molecule is O=C(NCC(Br)C1CC1)c1cncc(F)c1. The van der Waals surface area contributed by atoms with Gasteiger partial charge in [0.25, 0.3) is 5.91 Å². The summed E-state index contributed by atoms with van der Waals surface area (Å²) in [5, 5.41) is 2.75. The van der Waals surface area contributed by atoms with E-state index < -0.39 is 5.82 Å². The molecule has 5 heteroatoms. The number of carbonyl (C=O) groups excluding carboxylic acids is 1. The van der Waals surface area contributed by atoms with Gasteiger partial charge in [-0.1, -0.05) is 15.9 Å². The maximum Gasteiger partial charge on any atom is 0.252 e. The number of rotatable bonds is 4. The van der Waals surface area contributed by atoms with Gasteiger partial charge >= 0.3 is 0 Å².